The van der Waals surface area contributed by atoms with E-state index in [1.807, 2.05) is 35.0 Å². The summed E-state index contributed by atoms with van der Waals surface area (Å²) in [5.74, 6) is 0.297. The molecule has 2 aromatic heterocycles. The molecule has 28 heavy (non-hydrogen) atoms. The van der Waals surface area contributed by atoms with Gasteiger partial charge in [0.05, 0.1) is 24.4 Å². The molecular formula is C22H33N5O. The summed E-state index contributed by atoms with van der Waals surface area (Å²) in [6.45, 7) is 9.52. The first-order chi connectivity index (χ1) is 13.6. The minimum Gasteiger partial charge on any atom is -0.350 e. The van der Waals surface area contributed by atoms with Crippen LogP contribution in [0.2, 0.25) is 0 Å². The molecule has 1 unspecified atom stereocenters. The highest BCUT2D eigenvalue weighted by Crippen LogP contribution is 2.24. The molecule has 2 aromatic rings. The van der Waals surface area contributed by atoms with Gasteiger partial charge in [0.15, 0.2) is 0 Å². The summed E-state index contributed by atoms with van der Waals surface area (Å²) in [6, 6.07) is 7.23. The van der Waals surface area contributed by atoms with Crippen LogP contribution in [0.3, 0.4) is 0 Å². The van der Waals surface area contributed by atoms with E-state index in [2.05, 4.69) is 33.9 Å². The third-order valence-electron chi connectivity index (χ3n) is 6.51. The minimum atomic E-state index is 0.107. The number of pyridine rings is 1. The van der Waals surface area contributed by atoms with Crippen molar-refractivity contribution in [1.82, 2.24) is 24.5 Å². The maximum absolute atomic E-state index is 12.8. The third kappa shape index (κ3) is 4.23. The van der Waals surface area contributed by atoms with Gasteiger partial charge < -0.3 is 14.6 Å². The maximum atomic E-state index is 12.8. The van der Waals surface area contributed by atoms with Crippen LogP contribution in [0.4, 0.5) is 0 Å². The molecule has 0 aromatic carbocycles. The van der Waals surface area contributed by atoms with Crippen LogP contribution in [-0.2, 0) is 11.3 Å². The van der Waals surface area contributed by atoms with Crippen LogP contribution >= 0.6 is 0 Å². The van der Waals surface area contributed by atoms with Crippen LogP contribution < -0.4 is 5.32 Å². The highest BCUT2D eigenvalue weighted by atomic mass is 16.1. The Morgan fingerprint density at radius 2 is 2.04 bits per heavy atom. The first-order valence-corrected chi connectivity index (χ1v) is 10.8. The average molecular weight is 384 g/mol. The van der Waals surface area contributed by atoms with Gasteiger partial charge in [-0.2, -0.15) is 0 Å². The van der Waals surface area contributed by atoms with E-state index in [-0.39, 0.29) is 11.8 Å². The number of amides is 1. The Bertz CT molecular complexity index is 793. The second-order valence-electron chi connectivity index (χ2n) is 8.59. The van der Waals surface area contributed by atoms with Crippen LogP contribution in [0.5, 0.6) is 0 Å². The van der Waals surface area contributed by atoms with E-state index in [1.54, 1.807) is 0 Å². The number of nitrogens with one attached hydrogen (secondary N) is 1. The van der Waals surface area contributed by atoms with Gasteiger partial charge in [0.1, 0.15) is 5.65 Å². The van der Waals surface area contributed by atoms with Gasteiger partial charge in [0, 0.05) is 24.8 Å². The number of likely N-dealkylation sites (tertiary alicyclic amines) is 2. The van der Waals surface area contributed by atoms with Crippen molar-refractivity contribution >= 4 is 11.6 Å². The lowest BCUT2D eigenvalue weighted by Crippen LogP contribution is -2.51. The number of hydrogen-bond donors (Lipinski definition) is 1. The zero-order valence-corrected chi connectivity index (χ0v) is 17.2. The summed E-state index contributed by atoms with van der Waals surface area (Å²) < 4.78 is 2.04. The summed E-state index contributed by atoms with van der Waals surface area (Å²) >= 11 is 0. The molecule has 2 saturated heterocycles. The molecule has 0 bridgehead atoms. The predicted molar refractivity (Wildman–Crippen MR) is 111 cm³/mol. The van der Waals surface area contributed by atoms with Crippen LogP contribution in [0.15, 0.2) is 30.6 Å². The molecule has 2 aliphatic heterocycles. The number of aromatic nitrogens is 2. The van der Waals surface area contributed by atoms with Crippen LogP contribution in [0, 0.1) is 5.92 Å². The summed E-state index contributed by atoms with van der Waals surface area (Å²) in [5.41, 5.74) is 1.95. The summed E-state index contributed by atoms with van der Waals surface area (Å²) in [5, 5.41) is 3.16. The van der Waals surface area contributed by atoms with Crippen molar-refractivity contribution in [3.63, 3.8) is 0 Å². The van der Waals surface area contributed by atoms with Gasteiger partial charge in [-0.15, -0.1) is 0 Å². The van der Waals surface area contributed by atoms with Gasteiger partial charge in [-0.3, -0.25) is 9.69 Å². The fraction of sp³-hybridized carbons (Fsp3) is 0.636. The van der Waals surface area contributed by atoms with Gasteiger partial charge in [-0.25, -0.2) is 4.98 Å². The summed E-state index contributed by atoms with van der Waals surface area (Å²) in [6.07, 6.45) is 8.43. The number of nitrogens with zero attached hydrogens (tertiary/aromatic N) is 4. The van der Waals surface area contributed by atoms with Gasteiger partial charge >= 0.3 is 0 Å². The second-order valence-corrected chi connectivity index (χ2v) is 8.59. The molecule has 2 aliphatic rings. The number of carbonyl (C=O) groups excluding carboxylic acids is 1. The van der Waals surface area contributed by atoms with E-state index < -0.39 is 0 Å². The van der Waals surface area contributed by atoms with Gasteiger partial charge in [0.2, 0.25) is 5.91 Å². The fourth-order valence-corrected chi connectivity index (χ4v) is 4.76. The Hall–Kier alpha value is -1.92. The maximum Gasteiger partial charge on any atom is 0.224 e. The van der Waals surface area contributed by atoms with Crippen molar-refractivity contribution in [3.05, 3.63) is 36.3 Å². The summed E-state index contributed by atoms with van der Waals surface area (Å²) in [7, 11) is 0. The number of piperidine rings is 2. The molecule has 1 atom stereocenters. The zero-order valence-electron chi connectivity index (χ0n) is 17.2. The topological polar surface area (TPSA) is 52.9 Å². The lowest BCUT2D eigenvalue weighted by Gasteiger charge is -2.43. The molecule has 2 fully saturated rings. The normalized spacial score (nSPS) is 22.8. The molecule has 1 amide bonds. The molecule has 4 rings (SSSR count). The summed E-state index contributed by atoms with van der Waals surface area (Å²) in [4.78, 5) is 22.4. The monoisotopic (exact) mass is 383 g/mol. The number of carbonyl (C=O) groups is 1. The van der Waals surface area contributed by atoms with Crippen molar-refractivity contribution in [2.45, 2.75) is 58.2 Å². The van der Waals surface area contributed by atoms with Crippen LogP contribution in [0.1, 0.15) is 45.2 Å². The Labute approximate surface area is 167 Å². The molecule has 0 radical (unpaired) electrons. The van der Waals surface area contributed by atoms with E-state index in [9.17, 15) is 4.79 Å². The predicted octanol–water partition coefficient (Wildman–Crippen LogP) is 2.54. The van der Waals surface area contributed by atoms with Crippen molar-refractivity contribution in [1.29, 1.82) is 0 Å². The molecule has 152 valence electrons. The first-order valence-electron chi connectivity index (χ1n) is 10.8. The molecule has 0 spiro atoms. The SMILES string of the molecule is CC(C)N1CCC(N2CCCC(C(=O)NCc3cnc4ccccn34)C2)CC1. The van der Waals surface area contributed by atoms with Crippen molar-refractivity contribution in [2.75, 3.05) is 26.2 Å². The van der Waals surface area contributed by atoms with Crippen molar-refractivity contribution < 1.29 is 4.79 Å². The van der Waals surface area contributed by atoms with Crippen LogP contribution in [0.25, 0.3) is 5.65 Å². The second kappa shape index (κ2) is 8.62. The van der Waals surface area contributed by atoms with Gasteiger partial charge in [-0.05, 0) is 71.3 Å². The van der Waals surface area contributed by atoms with Crippen LogP contribution in [-0.4, -0.2) is 63.4 Å². The zero-order chi connectivity index (χ0) is 19.5. The largest absolute Gasteiger partial charge is 0.350 e. The number of hydrogen-bond acceptors (Lipinski definition) is 4. The van der Waals surface area contributed by atoms with Crippen molar-refractivity contribution in [3.8, 4) is 0 Å². The Morgan fingerprint density at radius 1 is 1.21 bits per heavy atom. The highest BCUT2D eigenvalue weighted by Gasteiger charge is 2.32. The van der Waals surface area contributed by atoms with E-state index in [0.717, 1.165) is 37.3 Å². The Balaban J connectivity index is 1.30. The number of imidazole rings is 1. The first kappa shape index (κ1) is 19.4. The third-order valence-corrected chi connectivity index (χ3v) is 6.51. The van der Waals surface area contributed by atoms with E-state index >= 15 is 0 Å². The smallest absolute Gasteiger partial charge is 0.224 e. The number of rotatable bonds is 5. The van der Waals surface area contributed by atoms with Crippen molar-refractivity contribution in [2.24, 2.45) is 5.92 Å². The lowest BCUT2D eigenvalue weighted by molar-refractivity contribution is -0.127. The molecule has 0 aliphatic carbocycles. The Morgan fingerprint density at radius 3 is 2.82 bits per heavy atom. The standard InChI is InChI=1S/C22H33N5O/c1-17(2)25-12-8-19(9-13-25)26-10-5-6-18(16-26)22(28)24-15-20-14-23-21-7-3-4-11-27(20)21/h3-4,7,11,14,17-19H,5-6,8-10,12-13,15-16H2,1-2H3,(H,24,28). The van der Waals surface area contributed by atoms with E-state index in [4.69, 9.17) is 0 Å². The molecule has 6 nitrogen and oxygen atoms in total. The molecular weight excluding hydrogens is 350 g/mol. The molecule has 0 saturated carbocycles. The van der Waals surface area contributed by atoms with E-state index in [0.29, 0.717) is 18.6 Å². The molecule has 6 heteroatoms. The molecule has 4 heterocycles. The van der Waals surface area contributed by atoms with E-state index in [1.165, 1.54) is 25.9 Å². The number of fused-ring (bicyclic) bond motifs is 1. The van der Waals surface area contributed by atoms with Gasteiger partial charge in [0.25, 0.3) is 0 Å². The highest BCUT2D eigenvalue weighted by molar-refractivity contribution is 5.79. The lowest BCUT2D eigenvalue weighted by atomic mass is 9.93. The molecule has 1 N–H and O–H groups in total. The quantitative estimate of drug-likeness (QED) is 0.862. The Kier molecular flexibility index (Phi) is 5.97. The van der Waals surface area contributed by atoms with Gasteiger partial charge in [-0.1, -0.05) is 6.07 Å². The fourth-order valence-electron chi connectivity index (χ4n) is 4.76. The minimum absolute atomic E-state index is 0.107. The average Bonchev–Trinajstić information content (AvgIpc) is 3.15.